The molecular weight excluding hydrogens is 381 g/mol. The molecule has 4 nitrogen and oxygen atoms in total. The van der Waals surface area contributed by atoms with Gasteiger partial charge in [0.25, 0.3) is 5.91 Å². The lowest BCUT2D eigenvalue weighted by atomic mass is 10.1. The van der Waals surface area contributed by atoms with E-state index in [1.54, 1.807) is 18.2 Å². The number of hydrogen-bond acceptors (Lipinski definition) is 3. The topological polar surface area (TPSA) is 50.7 Å². The number of halogens is 4. The third-order valence-corrected chi connectivity index (χ3v) is 3.99. The van der Waals surface area contributed by atoms with Gasteiger partial charge in [-0.3, -0.25) is 4.79 Å². The van der Waals surface area contributed by atoms with Gasteiger partial charge in [0.2, 0.25) is 0 Å². The Morgan fingerprint density at radius 2 is 2.04 bits per heavy atom. The Hall–Kier alpha value is -2.54. The molecule has 0 saturated carbocycles. The summed E-state index contributed by atoms with van der Waals surface area (Å²) in [6.45, 7) is 3.92. The number of carbonyl (C=O) groups is 1. The molecule has 1 atom stereocenters. The van der Waals surface area contributed by atoms with E-state index in [9.17, 15) is 18.0 Å². The third kappa shape index (κ3) is 5.99. The highest BCUT2D eigenvalue weighted by atomic mass is 35.5. The minimum atomic E-state index is -4.52. The largest absolute Gasteiger partial charge is 0.489 e. The summed E-state index contributed by atoms with van der Waals surface area (Å²) in [6.07, 6.45) is -2.32. The maximum atomic E-state index is 12.7. The summed E-state index contributed by atoms with van der Waals surface area (Å²) in [5, 5.41) is 4.14. The first kappa shape index (κ1) is 20.8. The highest BCUT2D eigenvalue weighted by Crippen LogP contribution is 2.29. The molecule has 0 spiro atoms. The van der Waals surface area contributed by atoms with Crippen molar-refractivity contribution < 1.29 is 22.7 Å². The van der Waals surface area contributed by atoms with Crippen LogP contribution in [0.5, 0.6) is 5.75 Å². The molecule has 1 N–H and O–H groups in total. The van der Waals surface area contributed by atoms with E-state index in [-0.39, 0.29) is 11.7 Å². The van der Waals surface area contributed by atoms with E-state index in [1.807, 2.05) is 13.8 Å². The zero-order valence-electron chi connectivity index (χ0n) is 14.7. The van der Waals surface area contributed by atoms with Gasteiger partial charge in [-0.05, 0) is 55.3 Å². The van der Waals surface area contributed by atoms with Crippen molar-refractivity contribution in [1.82, 2.24) is 5.43 Å². The van der Waals surface area contributed by atoms with Gasteiger partial charge in [0.05, 0.1) is 22.9 Å². The van der Waals surface area contributed by atoms with Crippen LogP contribution in [0.1, 0.15) is 41.8 Å². The highest BCUT2D eigenvalue weighted by molar-refractivity contribution is 6.32. The van der Waals surface area contributed by atoms with E-state index < -0.39 is 17.6 Å². The van der Waals surface area contributed by atoms with Crippen molar-refractivity contribution in [3.8, 4) is 5.75 Å². The lowest BCUT2D eigenvalue weighted by Gasteiger charge is -2.13. The quantitative estimate of drug-likeness (QED) is 0.530. The number of benzene rings is 2. The fraction of sp³-hybridized carbons (Fsp3) is 0.263. The molecule has 8 heteroatoms. The van der Waals surface area contributed by atoms with E-state index in [2.05, 4.69) is 10.5 Å². The fourth-order valence-corrected chi connectivity index (χ4v) is 2.29. The normalized spacial score (nSPS) is 12.8. The molecule has 0 saturated heterocycles. The zero-order chi connectivity index (χ0) is 20.0. The van der Waals surface area contributed by atoms with Crippen molar-refractivity contribution in [3.05, 3.63) is 64.2 Å². The number of carbonyl (C=O) groups excluding carboxylic acids is 1. The van der Waals surface area contributed by atoms with Crippen LogP contribution in [0, 0.1) is 0 Å². The van der Waals surface area contributed by atoms with Crippen LogP contribution in [-0.4, -0.2) is 18.2 Å². The number of hydrogen-bond donors (Lipinski definition) is 1. The van der Waals surface area contributed by atoms with Gasteiger partial charge in [-0.15, -0.1) is 0 Å². The van der Waals surface area contributed by atoms with Crippen LogP contribution < -0.4 is 10.2 Å². The molecule has 144 valence electrons. The van der Waals surface area contributed by atoms with E-state index in [1.165, 1.54) is 12.3 Å². The van der Waals surface area contributed by atoms with E-state index in [0.717, 1.165) is 24.6 Å². The number of nitrogens with one attached hydrogen (secondary N) is 1. The van der Waals surface area contributed by atoms with Crippen LogP contribution in [-0.2, 0) is 6.18 Å². The minimum Gasteiger partial charge on any atom is -0.489 e. The van der Waals surface area contributed by atoms with Gasteiger partial charge in [-0.1, -0.05) is 24.6 Å². The van der Waals surface area contributed by atoms with E-state index in [4.69, 9.17) is 16.3 Å². The lowest BCUT2D eigenvalue weighted by Crippen LogP contribution is -2.18. The number of alkyl halides is 3. The Morgan fingerprint density at radius 1 is 1.30 bits per heavy atom. The average molecular weight is 399 g/mol. The molecule has 0 unspecified atom stereocenters. The van der Waals surface area contributed by atoms with Crippen molar-refractivity contribution in [3.63, 3.8) is 0 Å². The van der Waals surface area contributed by atoms with Gasteiger partial charge >= 0.3 is 6.18 Å². The summed E-state index contributed by atoms with van der Waals surface area (Å²) in [6, 6.07) is 9.09. The number of amides is 1. The zero-order valence-corrected chi connectivity index (χ0v) is 15.4. The van der Waals surface area contributed by atoms with Crippen LogP contribution >= 0.6 is 11.6 Å². The van der Waals surface area contributed by atoms with E-state index >= 15 is 0 Å². The molecular formula is C19H18ClF3N2O2. The van der Waals surface area contributed by atoms with Crippen molar-refractivity contribution >= 4 is 23.7 Å². The van der Waals surface area contributed by atoms with Gasteiger partial charge in [-0.25, -0.2) is 5.43 Å². The van der Waals surface area contributed by atoms with Crippen LogP contribution in [0.15, 0.2) is 47.6 Å². The van der Waals surface area contributed by atoms with Gasteiger partial charge in [0.1, 0.15) is 5.75 Å². The molecule has 1 amide bonds. The Morgan fingerprint density at radius 3 is 2.67 bits per heavy atom. The molecule has 0 fully saturated rings. The minimum absolute atomic E-state index is 0.0220. The fourth-order valence-electron chi connectivity index (χ4n) is 2.06. The molecule has 0 bridgehead atoms. The van der Waals surface area contributed by atoms with Crippen molar-refractivity contribution in [2.24, 2.45) is 5.10 Å². The van der Waals surface area contributed by atoms with Gasteiger partial charge in [0.15, 0.2) is 0 Å². The maximum Gasteiger partial charge on any atom is 0.416 e. The van der Waals surface area contributed by atoms with Gasteiger partial charge in [-0.2, -0.15) is 18.3 Å². The van der Waals surface area contributed by atoms with Crippen molar-refractivity contribution in [2.75, 3.05) is 0 Å². The van der Waals surface area contributed by atoms with Crippen LogP contribution in [0.3, 0.4) is 0 Å². The SMILES string of the molecule is CC[C@@H](C)Oc1ccc(/C=N\NC(=O)c2cccc(C(F)(F)F)c2)cc1Cl. The smallest absolute Gasteiger partial charge is 0.416 e. The summed E-state index contributed by atoms with van der Waals surface area (Å²) >= 11 is 6.15. The molecule has 2 aromatic carbocycles. The second kappa shape index (κ2) is 8.90. The number of rotatable bonds is 6. The summed E-state index contributed by atoms with van der Waals surface area (Å²) in [5.74, 6) is -0.212. The number of nitrogens with zero attached hydrogens (tertiary/aromatic N) is 1. The summed E-state index contributed by atoms with van der Waals surface area (Å²) in [7, 11) is 0. The molecule has 0 aliphatic carbocycles. The van der Waals surface area contributed by atoms with Crippen molar-refractivity contribution in [1.29, 1.82) is 0 Å². The predicted octanol–water partition coefficient (Wildman–Crippen LogP) is 5.30. The molecule has 27 heavy (non-hydrogen) atoms. The van der Waals surface area contributed by atoms with Crippen molar-refractivity contribution in [2.45, 2.75) is 32.5 Å². The molecule has 0 radical (unpaired) electrons. The molecule has 0 aliphatic heterocycles. The number of hydrazone groups is 1. The average Bonchev–Trinajstić information content (AvgIpc) is 2.63. The van der Waals surface area contributed by atoms with Gasteiger partial charge < -0.3 is 4.74 Å². The second-order valence-corrected chi connectivity index (χ2v) is 6.21. The van der Waals surface area contributed by atoms with Crippen LogP contribution in [0.4, 0.5) is 13.2 Å². The standard InChI is InChI=1S/C19H18ClF3N2O2/c1-3-12(2)27-17-8-7-13(9-16(17)20)11-24-25-18(26)14-5-4-6-15(10-14)19(21,22)23/h4-12H,3H2,1-2H3,(H,25,26)/b24-11-/t12-/m1/s1. The summed E-state index contributed by atoms with van der Waals surface area (Å²) < 4.78 is 43.7. The van der Waals surface area contributed by atoms with Gasteiger partial charge in [0, 0.05) is 5.56 Å². The Kier molecular flexibility index (Phi) is 6.85. The third-order valence-electron chi connectivity index (χ3n) is 3.69. The molecule has 0 aliphatic rings. The predicted molar refractivity (Wildman–Crippen MR) is 98.3 cm³/mol. The Bertz CT molecular complexity index is 838. The summed E-state index contributed by atoms with van der Waals surface area (Å²) in [5.41, 5.74) is 1.75. The molecule has 0 heterocycles. The summed E-state index contributed by atoms with van der Waals surface area (Å²) in [4.78, 5) is 12.0. The second-order valence-electron chi connectivity index (χ2n) is 5.80. The Labute approximate surface area is 160 Å². The maximum absolute atomic E-state index is 12.7. The van der Waals surface area contributed by atoms with Crippen LogP contribution in [0.25, 0.3) is 0 Å². The first-order chi connectivity index (χ1) is 12.7. The lowest BCUT2D eigenvalue weighted by molar-refractivity contribution is -0.137. The van der Waals surface area contributed by atoms with Crippen LogP contribution in [0.2, 0.25) is 5.02 Å². The molecule has 0 aromatic heterocycles. The molecule has 2 aromatic rings. The first-order valence-corrected chi connectivity index (χ1v) is 8.55. The monoisotopic (exact) mass is 398 g/mol. The Balaban J connectivity index is 2.03. The number of ether oxygens (including phenoxy) is 1. The first-order valence-electron chi connectivity index (χ1n) is 8.17. The molecule has 2 rings (SSSR count). The van der Waals surface area contributed by atoms with E-state index in [0.29, 0.717) is 16.3 Å². The highest BCUT2D eigenvalue weighted by Gasteiger charge is 2.30.